The Morgan fingerprint density at radius 1 is 1.17 bits per heavy atom. The van der Waals surface area contributed by atoms with Crippen molar-refractivity contribution < 1.29 is 4.42 Å². The predicted octanol–water partition coefficient (Wildman–Crippen LogP) is 0.450. The molecule has 5 nitrogen and oxygen atoms in total. The Morgan fingerprint density at radius 2 is 2.00 bits per heavy atom. The maximum absolute atomic E-state index is 5.03. The summed E-state index contributed by atoms with van der Waals surface area (Å²) < 4.78 is 5.03. The molecule has 0 saturated heterocycles. The van der Waals surface area contributed by atoms with E-state index in [0.717, 1.165) is 5.76 Å². The van der Waals surface area contributed by atoms with Crippen LogP contribution in [0.2, 0.25) is 0 Å². The van der Waals surface area contributed by atoms with Crippen LogP contribution in [-0.4, -0.2) is 19.9 Å². The van der Waals surface area contributed by atoms with Gasteiger partial charge in [0.15, 0.2) is 6.39 Å². The first kappa shape index (κ1) is 6.90. The average Bonchev–Trinajstić information content (AvgIpc) is 2.59. The predicted molar refractivity (Wildman–Crippen MR) is 39.1 cm³/mol. The molecule has 0 bridgehead atoms. The lowest BCUT2D eigenvalue weighted by molar-refractivity contribution is 0.510. The van der Waals surface area contributed by atoms with E-state index in [4.69, 9.17) is 4.42 Å². The van der Waals surface area contributed by atoms with Crippen LogP contribution in [0, 0.1) is 0 Å². The standard InChI is InChI=1S/C7H6N4O/c1(6-2-8-5-12-6)7-10-3-9-4-11-7/h2-5H,1H2. The van der Waals surface area contributed by atoms with E-state index in [1.54, 1.807) is 6.20 Å². The van der Waals surface area contributed by atoms with Gasteiger partial charge in [0, 0.05) is 0 Å². The Balaban J connectivity index is 2.15. The van der Waals surface area contributed by atoms with E-state index in [-0.39, 0.29) is 0 Å². The second-order valence-corrected chi connectivity index (χ2v) is 2.20. The van der Waals surface area contributed by atoms with E-state index in [2.05, 4.69) is 19.9 Å². The fraction of sp³-hybridized carbons (Fsp3) is 0.143. The van der Waals surface area contributed by atoms with Gasteiger partial charge in [0.25, 0.3) is 0 Å². The second-order valence-electron chi connectivity index (χ2n) is 2.20. The van der Waals surface area contributed by atoms with Crippen molar-refractivity contribution in [2.45, 2.75) is 6.42 Å². The summed E-state index contributed by atoms with van der Waals surface area (Å²) in [6.45, 7) is 0. The fourth-order valence-electron chi connectivity index (χ4n) is 0.840. The third-order valence-electron chi connectivity index (χ3n) is 1.36. The van der Waals surface area contributed by atoms with Crippen LogP contribution in [0.25, 0.3) is 0 Å². The van der Waals surface area contributed by atoms with Crippen molar-refractivity contribution in [3.8, 4) is 0 Å². The Morgan fingerprint density at radius 3 is 2.67 bits per heavy atom. The average molecular weight is 162 g/mol. The molecule has 2 aromatic rings. The Kier molecular flexibility index (Phi) is 1.77. The van der Waals surface area contributed by atoms with E-state index in [1.165, 1.54) is 19.0 Å². The highest BCUT2D eigenvalue weighted by molar-refractivity contribution is 4.99. The first-order valence-electron chi connectivity index (χ1n) is 3.43. The molecule has 2 heterocycles. The third kappa shape index (κ3) is 1.45. The van der Waals surface area contributed by atoms with Gasteiger partial charge in [-0.3, -0.25) is 0 Å². The maximum atomic E-state index is 5.03. The summed E-state index contributed by atoms with van der Waals surface area (Å²) in [5.41, 5.74) is 0. The van der Waals surface area contributed by atoms with Crippen molar-refractivity contribution in [2.75, 3.05) is 0 Å². The van der Waals surface area contributed by atoms with Gasteiger partial charge in [-0.1, -0.05) is 0 Å². The van der Waals surface area contributed by atoms with Crippen LogP contribution in [0.5, 0.6) is 0 Å². The summed E-state index contributed by atoms with van der Waals surface area (Å²) in [6, 6.07) is 0. The van der Waals surface area contributed by atoms with Crippen LogP contribution in [0.15, 0.2) is 29.7 Å². The second kappa shape index (κ2) is 3.08. The monoisotopic (exact) mass is 162 g/mol. The Bertz CT molecular complexity index is 332. The molecule has 0 fully saturated rings. The van der Waals surface area contributed by atoms with Gasteiger partial charge < -0.3 is 4.42 Å². The van der Waals surface area contributed by atoms with E-state index in [9.17, 15) is 0 Å². The van der Waals surface area contributed by atoms with Gasteiger partial charge in [0.2, 0.25) is 0 Å². The third-order valence-corrected chi connectivity index (χ3v) is 1.36. The molecule has 0 atom stereocenters. The van der Waals surface area contributed by atoms with Gasteiger partial charge >= 0.3 is 0 Å². The molecule has 0 spiro atoms. The molecule has 0 amide bonds. The molecular weight excluding hydrogens is 156 g/mol. The van der Waals surface area contributed by atoms with Crippen LogP contribution >= 0.6 is 0 Å². The lowest BCUT2D eigenvalue weighted by atomic mass is 10.3. The molecule has 2 aromatic heterocycles. The summed E-state index contributed by atoms with van der Waals surface area (Å²) in [4.78, 5) is 15.4. The van der Waals surface area contributed by atoms with Crippen molar-refractivity contribution in [1.29, 1.82) is 0 Å². The molecule has 0 N–H and O–H groups in total. The van der Waals surface area contributed by atoms with Gasteiger partial charge in [0.05, 0.1) is 12.6 Å². The number of aromatic nitrogens is 4. The fourth-order valence-corrected chi connectivity index (χ4v) is 0.840. The summed E-state index contributed by atoms with van der Waals surface area (Å²) in [5.74, 6) is 1.43. The normalized spacial score (nSPS) is 10.0. The molecule has 0 unspecified atom stereocenters. The largest absolute Gasteiger partial charge is 0.448 e. The Labute approximate surface area is 68.5 Å². The van der Waals surface area contributed by atoms with E-state index in [0.29, 0.717) is 12.2 Å². The van der Waals surface area contributed by atoms with Crippen molar-refractivity contribution in [3.63, 3.8) is 0 Å². The van der Waals surface area contributed by atoms with E-state index < -0.39 is 0 Å². The zero-order valence-corrected chi connectivity index (χ0v) is 6.21. The molecule has 0 aromatic carbocycles. The van der Waals surface area contributed by atoms with Crippen LogP contribution in [0.1, 0.15) is 11.6 Å². The lowest BCUT2D eigenvalue weighted by Gasteiger charge is -1.92. The van der Waals surface area contributed by atoms with Crippen LogP contribution in [0.3, 0.4) is 0 Å². The summed E-state index contributed by atoms with van der Waals surface area (Å²) in [7, 11) is 0. The van der Waals surface area contributed by atoms with E-state index in [1.807, 2.05) is 0 Å². The number of hydrogen-bond donors (Lipinski definition) is 0. The summed E-state index contributed by atoms with van der Waals surface area (Å²) in [5, 5.41) is 0. The Hall–Kier alpha value is -1.78. The highest BCUT2D eigenvalue weighted by atomic mass is 16.3. The topological polar surface area (TPSA) is 64.7 Å². The molecule has 5 heteroatoms. The smallest absolute Gasteiger partial charge is 0.180 e. The number of hydrogen-bond acceptors (Lipinski definition) is 5. The highest BCUT2D eigenvalue weighted by Crippen LogP contribution is 2.01. The number of rotatable bonds is 2. The van der Waals surface area contributed by atoms with Crippen LogP contribution in [-0.2, 0) is 6.42 Å². The molecule has 0 aliphatic rings. The van der Waals surface area contributed by atoms with Gasteiger partial charge in [0.1, 0.15) is 24.2 Å². The van der Waals surface area contributed by atoms with Crippen molar-refractivity contribution in [2.24, 2.45) is 0 Å². The molecule has 60 valence electrons. The number of oxazole rings is 1. The van der Waals surface area contributed by atoms with Gasteiger partial charge in [-0.25, -0.2) is 19.9 Å². The summed E-state index contributed by atoms with van der Waals surface area (Å²) in [6.07, 6.45) is 6.50. The minimum absolute atomic E-state index is 0.558. The van der Waals surface area contributed by atoms with Crippen LogP contribution in [0.4, 0.5) is 0 Å². The minimum Gasteiger partial charge on any atom is -0.448 e. The molecule has 0 aliphatic heterocycles. The van der Waals surface area contributed by atoms with Crippen molar-refractivity contribution in [3.05, 3.63) is 36.8 Å². The van der Waals surface area contributed by atoms with E-state index >= 15 is 0 Å². The maximum Gasteiger partial charge on any atom is 0.180 e. The summed E-state index contributed by atoms with van der Waals surface area (Å²) >= 11 is 0. The molecule has 0 aliphatic carbocycles. The first-order chi connectivity index (χ1) is 5.95. The van der Waals surface area contributed by atoms with Crippen molar-refractivity contribution >= 4 is 0 Å². The molecule has 0 saturated carbocycles. The number of nitrogens with zero attached hydrogens (tertiary/aromatic N) is 4. The molecule has 12 heavy (non-hydrogen) atoms. The zero-order chi connectivity index (χ0) is 8.23. The molecule has 0 radical (unpaired) electrons. The van der Waals surface area contributed by atoms with Gasteiger partial charge in [-0.15, -0.1) is 0 Å². The SMILES string of the molecule is c1ncnc(Cc2cnco2)n1. The zero-order valence-electron chi connectivity index (χ0n) is 6.21. The lowest BCUT2D eigenvalue weighted by Crippen LogP contribution is -1.94. The quantitative estimate of drug-likeness (QED) is 0.641. The molecule has 2 rings (SSSR count). The first-order valence-corrected chi connectivity index (χ1v) is 3.43. The van der Waals surface area contributed by atoms with Crippen molar-refractivity contribution in [1.82, 2.24) is 19.9 Å². The highest BCUT2D eigenvalue weighted by Gasteiger charge is 2.00. The molecular formula is C7H6N4O. The van der Waals surface area contributed by atoms with Crippen LogP contribution < -0.4 is 0 Å². The minimum atomic E-state index is 0.558. The van der Waals surface area contributed by atoms with Gasteiger partial charge in [-0.05, 0) is 0 Å². The van der Waals surface area contributed by atoms with Gasteiger partial charge in [-0.2, -0.15) is 0 Å².